The van der Waals surface area contributed by atoms with Crippen LogP contribution in [-0.2, 0) is 17.9 Å². The molecule has 2 rings (SSSR count). The first-order chi connectivity index (χ1) is 8.25. The third-order valence-corrected chi connectivity index (χ3v) is 2.95. The highest BCUT2D eigenvalue weighted by Crippen LogP contribution is 2.07. The van der Waals surface area contributed by atoms with E-state index in [1.807, 2.05) is 18.2 Å². The second-order valence-electron chi connectivity index (χ2n) is 4.40. The summed E-state index contributed by atoms with van der Waals surface area (Å²) in [4.78, 5) is 0. The molecule has 2 nitrogen and oxygen atoms in total. The van der Waals surface area contributed by atoms with Crippen LogP contribution in [0.5, 0.6) is 0 Å². The van der Waals surface area contributed by atoms with E-state index < -0.39 is 0 Å². The van der Waals surface area contributed by atoms with Crippen LogP contribution in [0, 0.1) is 13.8 Å². The van der Waals surface area contributed by atoms with Gasteiger partial charge in [0.2, 0.25) is 0 Å². The van der Waals surface area contributed by atoms with Crippen LogP contribution < -0.4 is 0 Å². The summed E-state index contributed by atoms with van der Waals surface area (Å²) in [6, 6.07) is 10.3. The van der Waals surface area contributed by atoms with Crippen molar-refractivity contribution in [3.8, 4) is 0 Å². The van der Waals surface area contributed by atoms with E-state index in [4.69, 9.17) is 4.74 Å². The minimum atomic E-state index is 0.695. The molecule has 2 aromatic rings. The van der Waals surface area contributed by atoms with Crippen molar-refractivity contribution in [3.05, 3.63) is 59.4 Å². The van der Waals surface area contributed by atoms with Crippen molar-refractivity contribution in [3.63, 3.8) is 0 Å². The molecular formula is C15H19NO. The summed E-state index contributed by atoms with van der Waals surface area (Å²) in [5.41, 5.74) is 3.91. The fraction of sp³-hybridized carbons (Fsp3) is 0.333. The molecule has 0 bridgehead atoms. The monoisotopic (exact) mass is 229 g/mol. The zero-order valence-corrected chi connectivity index (χ0v) is 10.5. The van der Waals surface area contributed by atoms with Crippen molar-refractivity contribution in [2.75, 3.05) is 6.61 Å². The molecule has 90 valence electrons. The highest BCUT2D eigenvalue weighted by atomic mass is 16.5. The van der Waals surface area contributed by atoms with E-state index in [-0.39, 0.29) is 0 Å². The average molecular weight is 229 g/mol. The van der Waals surface area contributed by atoms with Crippen LogP contribution in [0.2, 0.25) is 0 Å². The van der Waals surface area contributed by atoms with Crippen LogP contribution in [0.3, 0.4) is 0 Å². The van der Waals surface area contributed by atoms with Gasteiger partial charge < -0.3 is 9.30 Å². The van der Waals surface area contributed by atoms with Gasteiger partial charge in [-0.05, 0) is 30.5 Å². The van der Waals surface area contributed by atoms with E-state index in [1.54, 1.807) is 0 Å². The summed E-state index contributed by atoms with van der Waals surface area (Å²) < 4.78 is 7.84. The van der Waals surface area contributed by atoms with Crippen molar-refractivity contribution in [2.24, 2.45) is 0 Å². The molecule has 1 heterocycles. The van der Waals surface area contributed by atoms with Gasteiger partial charge in [-0.2, -0.15) is 0 Å². The zero-order valence-electron chi connectivity index (χ0n) is 10.5. The highest BCUT2D eigenvalue weighted by Gasteiger charge is 1.98. The minimum Gasteiger partial charge on any atom is -0.375 e. The van der Waals surface area contributed by atoms with Gasteiger partial charge in [0.1, 0.15) is 0 Å². The second kappa shape index (κ2) is 5.69. The minimum absolute atomic E-state index is 0.695. The Morgan fingerprint density at radius 1 is 1.00 bits per heavy atom. The lowest BCUT2D eigenvalue weighted by atomic mass is 10.2. The maximum Gasteiger partial charge on any atom is 0.0717 e. The predicted molar refractivity (Wildman–Crippen MR) is 70.0 cm³/mol. The van der Waals surface area contributed by atoms with Crippen molar-refractivity contribution < 1.29 is 4.74 Å². The van der Waals surface area contributed by atoms with E-state index in [2.05, 4.69) is 42.9 Å². The SMILES string of the molecule is Cc1cn(CCOCc2ccccc2)cc1C. The van der Waals surface area contributed by atoms with Crippen LogP contribution in [0.1, 0.15) is 16.7 Å². The molecule has 17 heavy (non-hydrogen) atoms. The van der Waals surface area contributed by atoms with Gasteiger partial charge in [0.05, 0.1) is 13.2 Å². The summed E-state index contributed by atoms with van der Waals surface area (Å²) >= 11 is 0. The number of hydrogen-bond donors (Lipinski definition) is 0. The Labute approximate surface area is 103 Å². The summed E-state index contributed by atoms with van der Waals surface area (Å²) in [7, 11) is 0. The quantitative estimate of drug-likeness (QED) is 0.717. The molecule has 2 heteroatoms. The maximum atomic E-state index is 5.65. The first-order valence-electron chi connectivity index (χ1n) is 6.00. The van der Waals surface area contributed by atoms with Gasteiger partial charge >= 0.3 is 0 Å². The van der Waals surface area contributed by atoms with Gasteiger partial charge in [0.25, 0.3) is 0 Å². The van der Waals surface area contributed by atoms with Crippen molar-refractivity contribution in [1.29, 1.82) is 0 Å². The van der Waals surface area contributed by atoms with Crippen LogP contribution in [0.25, 0.3) is 0 Å². The summed E-state index contributed by atoms with van der Waals surface area (Å²) in [5.74, 6) is 0. The van der Waals surface area contributed by atoms with E-state index in [9.17, 15) is 0 Å². The van der Waals surface area contributed by atoms with Crippen LogP contribution in [0.4, 0.5) is 0 Å². The molecule has 1 aromatic heterocycles. The Balaban J connectivity index is 1.73. The Morgan fingerprint density at radius 2 is 1.65 bits per heavy atom. The molecule has 0 unspecified atom stereocenters. The molecule has 0 atom stereocenters. The van der Waals surface area contributed by atoms with Gasteiger partial charge in [-0.15, -0.1) is 0 Å². The number of aryl methyl sites for hydroxylation is 2. The molecule has 0 fully saturated rings. The molecule has 0 aliphatic heterocycles. The summed E-state index contributed by atoms with van der Waals surface area (Å²) in [6.07, 6.45) is 4.34. The van der Waals surface area contributed by atoms with Gasteiger partial charge in [0, 0.05) is 18.9 Å². The Kier molecular flexibility index (Phi) is 3.99. The topological polar surface area (TPSA) is 14.2 Å². The van der Waals surface area contributed by atoms with Gasteiger partial charge in [-0.25, -0.2) is 0 Å². The number of hydrogen-bond acceptors (Lipinski definition) is 1. The highest BCUT2D eigenvalue weighted by molar-refractivity contribution is 5.20. The molecule has 0 amide bonds. The van der Waals surface area contributed by atoms with Crippen LogP contribution in [-0.4, -0.2) is 11.2 Å². The van der Waals surface area contributed by atoms with E-state index >= 15 is 0 Å². The molecule has 1 aromatic carbocycles. The fourth-order valence-corrected chi connectivity index (χ4v) is 1.80. The van der Waals surface area contributed by atoms with Crippen LogP contribution in [0.15, 0.2) is 42.7 Å². The average Bonchev–Trinajstić information content (AvgIpc) is 2.66. The van der Waals surface area contributed by atoms with Crippen molar-refractivity contribution in [1.82, 2.24) is 4.57 Å². The summed E-state index contributed by atoms with van der Waals surface area (Å²) in [5, 5.41) is 0. The smallest absolute Gasteiger partial charge is 0.0717 e. The van der Waals surface area contributed by atoms with E-state index in [1.165, 1.54) is 16.7 Å². The van der Waals surface area contributed by atoms with Gasteiger partial charge in [-0.3, -0.25) is 0 Å². The normalized spacial score (nSPS) is 10.7. The second-order valence-corrected chi connectivity index (χ2v) is 4.40. The van der Waals surface area contributed by atoms with Crippen molar-refractivity contribution >= 4 is 0 Å². The first kappa shape index (κ1) is 11.9. The molecule has 0 N–H and O–H groups in total. The summed E-state index contributed by atoms with van der Waals surface area (Å²) in [6.45, 7) is 6.64. The first-order valence-corrected chi connectivity index (χ1v) is 6.00. The van der Waals surface area contributed by atoms with Crippen molar-refractivity contribution in [2.45, 2.75) is 27.0 Å². The molecule has 0 spiro atoms. The fourth-order valence-electron chi connectivity index (χ4n) is 1.80. The van der Waals surface area contributed by atoms with Gasteiger partial charge in [-0.1, -0.05) is 30.3 Å². The lowest BCUT2D eigenvalue weighted by Gasteiger charge is -2.05. The standard InChI is InChI=1S/C15H19NO/c1-13-10-16(11-14(13)2)8-9-17-12-15-6-4-3-5-7-15/h3-7,10-11H,8-9,12H2,1-2H3. The molecule has 0 aliphatic carbocycles. The largest absolute Gasteiger partial charge is 0.375 e. The number of rotatable bonds is 5. The zero-order chi connectivity index (χ0) is 12.1. The third-order valence-electron chi connectivity index (χ3n) is 2.95. The Morgan fingerprint density at radius 3 is 2.29 bits per heavy atom. The molecule has 0 saturated carbocycles. The third kappa shape index (κ3) is 3.46. The Bertz CT molecular complexity index is 440. The molecule has 0 radical (unpaired) electrons. The maximum absolute atomic E-state index is 5.65. The lowest BCUT2D eigenvalue weighted by Crippen LogP contribution is -2.04. The number of nitrogens with zero attached hydrogens (tertiary/aromatic N) is 1. The molecule has 0 aliphatic rings. The molecular weight excluding hydrogens is 210 g/mol. The number of benzene rings is 1. The lowest BCUT2D eigenvalue weighted by molar-refractivity contribution is 0.113. The van der Waals surface area contributed by atoms with Crippen LogP contribution >= 0.6 is 0 Å². The van der Waals surface area contributed by atoms with E-state index in [0.29, 0.717) is 6.61 Å². The van der Waals surface area contributed by atoms with Gasteiger partial charge in [0.15, 0.2) is 0 Å². The Hall–Kier alpha value is -1.54. The molecule has 0 saturated heterocycles. The predicted octanol–water partition coefficient (Wildman–Crippen LogP) is 3.32. The number of aromatic nitrogens is 1. The number of ether oxygens (including phenoxy) is 1. The van der Waals surface area contributed by atoms with E-state index in [0.717, 1.165) is 13.2 Å².